The number of amides is 1. The first kappa shape index (κ1) is 23.9. The predicted molar refractivity (Wildman–Crippen MR) is 133 cm³/mol. The molecular weight excluding hydrogens is 450 g/mol. The van der Waals surface area contributed by atoms with Gasteiger partial charge < -0.3 is 20.3 Å². The van der Waals surface area contributed by atoms with E-state index in [9.17, 15) is 19.7 Å². The third kappa shape index (κ3) is 5.16. The highest BCUT2D eigenvalue weighted by atomic mass is 16.6. The van der Waals surface area contributed by atoms with Crippen LogP contribution in [0.2, 0.25) is 0 Å². The van der Waals surface area contributed by atoms with Crippen LogP contribution in [0.3, 0.4) is 0 Å². The first-order valence-corrected chi connectivity index (χ1v) is 11.6. The number of nitro benzene ring substituents is 1. The number of amidine groups is 1. The van der Waals surface area contributed by atoms with Crippen molar-refractivity contribution >= 4 is 40.5 Å². The van der Waals surface area contributed by atoms with Gasteiger partial charge in [0.05, 0.1) is 22.9 Å². The normalized spacial score (nSPS) is 15.4. The zero-order chi connectivity index (χ0) is 24.9. The molecule has 0 aliphatic carbocycles. The van der Waals surface area contributed by atoms with Crippen LogP contribution >= 0.6 is 0 Å². The Morgan fingerprint density at radius 1 is 1.17 bits per heavy atom. The molecule has 0 unspecified atom stereocenters. The summed E-state index contributed by atoms with van der Waals surface area (Å²) in [6.45, 7) is 5.00. The number of hydrogen-bond acceptors (Lipinski definition) is 8. The van der Waals surface area contributed by atoms with Crippen molar-refractivity contribution in [2.24, 2.45) is 4.99 Å². The molecule has 1 saturated heterocycles. The summed E-state index contributed by atoms with van der Waals surface area (Å²) in [4.78, 5) is 43.8. The summed E-state index contributed by atoms with van der Waals surface area (Å²) in [6.07, 6.45) is 3.04. The Morgan fingerprint density at radius 2 is 1.91 bits per heavy atom. The van der Waals surface area contributed by atoms with Crippen molar-refractivity contribution in [2.45, 2.75) is 33.1 Å². The van der Waals surface area contributed by atoms with E-state index < -0.39 is 16.8 Å². The first-order chi connectivity index (χ1) is 16.9. The van der Waals surface area contributed by atoms with Gasteiger partial charge in [-0.2, -0.15) is 0 Å². The fourth-order valence-electron chi connectivity index (χ4n) is 4.23. The number of allylic oxidation sites excluding steroid dienone is 1. The van der Waals surface area contributed by atoms with E-state index in [2.05, 4.69) is 15.6 Å². The zero-order valence-corrected chi connectivity index (χ0v) is 19.7. The molecule has 2 aliphatic heterocycles. The van der Waals surface area contributed by atoms with Gasteiger partial charge in [0.2, 0.25) is 0 Å². The lowest BCUT2D eigenvalue weighted by Gasteiger charge is -2.28. The molecular formula is C25H27N5O5. The number of benzene rings is 2. The molecule has 2 aromatic carbocycles. The second-order valence-electron chi connectivity index (χ2n) is 8.29. The van der Waals surface area contributed by atoms with Gasteiger partial charge in [0.25, 0.3) is 11.6 Å². The summed E-state index contributed by atoms with van der Waals surface area (Å²) in [7, 11) is 0. The average Bonchev–Trinajstić information content (AvgIpc) is 2.99. The van der Waals surface area contributed by atoms with E-state index in [0.29, 0.717) is 22.8 Å². The van der Waals surface area contributed by atoms with Crippen LogP contribution in [0, 0.1) is 10.1 Å². The van der Waals surface area contributed by atoms with Gasteiger partial charge in [-0.25, -0.2) is 9.79 Å². The molecule has 0 aromatic heterocycles. The van der Waals surface area contributed by atoms with Crippen LogP contribution in [-0.4, -0.2) is 42.3 Å². The number of hydrogen-bond donors (Lipinski definition) is 2. The molecule has 0 bridgehead atoms. The molecule has 0 spiro atoms. The molecule has 0 saturated carbocycles. The van der Waals surface area contributed by atoms with E-state index in [-0.39, 0.29) is 29.3 Å². The molecule has 2 heterocycles. The van der Waals surface area contributed by atoms with Gasteiger partial charge >= 0.3 is 5.97 Å². The molecule has 35 heavy (non-hydrogen) atoms. The summed E-state index contributed by atoms with van der Waals surface area (Å²) in [6, 6.07) is 11.6. The van der Waals surface area contributed by atoms with Crippen LogP contribution in [0.1, 0.15) is 43.5 Å². The Hall–Kier alpha value is -4.21. The summed E-state index contributed by atoms with van der Waals surface area (Å²) < 4.78 is 5.19. The van der Waals surface area contributed by atoms with Gasteiger partial charge in [-0.3, -0.25) is 14.9 Å². The summed E-state index contributed by atoms with van der Waals surface area (Å²) in [5, 5.41) is 17.6. The quantitative estimate of drug-likeness (QED) is 0.373. The maximum atomic E-state index is 13.2. The molecule has 182 valence electrons. The molecule has 2 aromatic rings. The SMILES string of the molecule is CCOC(=O)C1=C(C)Nc2ccccc2N=C1NC(=O)c1ccc(N2CCCCC2)c([N+](=O)[O-])c1. The lowest BCUT2D eigenvalue weighted by atomic mass is 10.1. The monoisotopic (exact) mass is 477 g/mol. The van der Waals surface area contributed by atoms with Crippen LogP contribution in [-0.2, 0) is 9.53 Å². The molecule has 0 radical (unpaired) electrons. The van der Waals surface area contributed by atoms with Crippen LogP contribution in [0.5, 0.6) is 0 Å². The average molecular weight is 478 g/mol. The highest BCUT2D eigenvalue weighted by Gasteiger charge is 2.28. The number of piperidine rings is 1. The minimum absolute atomic E-state index is 0.00570. The van der Waals surface area contributed by atoms with E-state index in [1.165, 1.54) is 6.07 Å². The number of nitrogens with zero attached hydrogens (tertiary/aromatic N) is 3. The number of esters is 1. The Morgan fingerprint density at radius 3 is 2.63 bits per heavy atom. The minimum atomic E-state index is -0.643. The Labute approximate surface area is 202 Å². The van der Waals surface area contributed by atoms with Crippen molar-refractivity contribution in [1.29, 1.82) is 0 Å². The van der Waals surface area contributed by atoms with Crippen molar-refractivity contribution in [3.63, 3.8) is 0 Å². The molecule has 10 nitrogen and oxygen atoms in total. The summed E-state index contributed by atoms with van der Waals surface area (Å²) >= 11 is 0. The molecule has 2 aliphatic rings. The van der Waals surface area contributed by atoms with Crippen LogP contribution in [0.15, 0.2) is 58.7 Å². The molecule has 10 heteroatoms. The van der Waals surface area contributed by atoms with Crippen LogP contribution in [0.25, 0.3) is 0 Å². The Kier molecular flexibility index (Phi) is 7.09. The van der Waals surface area contributed by atoms with Crippen LogP contribution < -0.4 is 15.5 Å². The maximum absolute atomic E-state index is 13.2. The van der Waals surface area contributed by atoms with E-state index in [0.717, 1.165) is 32.4 Å². The first-order valence-electron chi connectivity index (χ1n) is 11.6. The van der Waals surface area contributed by atoms with Crippen LogP contribution in [0.4, 0.5) is 22.7 Å². The van der Waals surface area contributed by atoms with Crippen molar-refractivity contribution in [3.05, 3.63) is 69.4 Å². The third-order valence-corrected chi connectivity index (χ3v) is 5.91. The number of rotatable bonds is 5. The number of carbonyl (C=O) groups is 2. The Balaban J connectivity index is 1.69. The van der Waals surface area contributed by atoms with Crippen molar-refractivity contribution in [3.8, 4) is 0 Å². The number of nitrogens with one attached hydrogen (secondary N) is 2. The van der Waals surface area contributed by atoms with Gasteiger partial charge in [-0.05, 0) is 57.4 Å². The molecule has 1 fully saturated rings. The smallest absolute Gasteiger partial charge is 0.343 e. The number of ether oxygens (including phenoxy) is 1. The lowest BCUT2D eigenvalue weighted by Crippen LogP contribution is -2.35. The summed E-state index contributed by atoms with van der Waals surface area (Å²) in [5.41, 5.74) is 2.18. The van der Waals surface area contributed by atoms with Gasteiger partial charge in [-0.1, -0.05) is 12.1 Å². The van der Waals surface area contributed by atoms with E-state index in [1.54, 1.807) is 44.2 Å². The maximum Gasteiger partial charge on any atom is 0.343 e. The molecule has 0 atom stereocenters. The van der Waals surface area contributed by atoms with E-state index >= 15 is 0 Å². The lowest BCUT2D eigenvalue weighted by molar-refractivity contribution is -0.384. The van der Waals surface area contributed by atoms with Gasteiger partial charge in [0, 0.05) is 30.4 Å². The van der Waals surface area contributed by atoms with Gasteiger partial charge in [0.15, 0.2) is 0 Å². The standard InChI is InChI=1S/C25H27N5O5/c1-3-35-25(32)22-16(2)26-18-9-5-6-10-19(18)27-23(22)28-24(31)17-11-12-20(21(15-17)30(33)34)29-13-7-4-8-14-29/h5-6,9-12,15,26H,3-4,7-8,13-14H2,1-2H3,(H,27,28,31). The largest absolute Gasteiger partial charge is 0.462 e. The van der Waals surface area contributed by atoms with Gasteiger partial charge in [-0.15, -0.1) is 0 Å². The number of carbonyl (C=O) groups excluding carboxylic acids is 2. The predicted octanol–water partition coefficient (Wildman–Crippen LogP) is 4.31. The van der Waals surface area contributed by atoms with Gasteiger partial charge in [0.1, 0.15) is 17.1 Å². The second kappa shape index (κ2) is 10.4. The fraction of sp³-hybridized carbons (Fsp3) is 0.320. The Bertz CT molecular complexity index is 1230. The van der Waals surface area contributed by atoms with Crippen molar-refractivity contribution < 1.29 is 19.2 Å². The number of fused-ring (bicyclic) bond motifs is 1. The second-order valence-corrected chi connectivity index (χ2v) is 8.29. The molecule has 2 N–H and O–H groups in total. The highest BCUT2D eigenvalue weighted by molar-refractivity contribution is 6.25. The minimum Gasteiger partial charge on any atom is -0.462 e. The van der Waals surface area contributed by atoms with E-state index in [1.807, 2.05) is 11.0 Å². The topological polar surface area (TPSA) is 126 Å². The number of anilines is 2. The molecule has 1 amide bonds. The number of aliphatic imine (C=N–C) groups is 1. The van der Waals surface area contributed by atoms with Crippen molar-refractivity contribution in [1.82, 2.24) is 5.32 Å². The third-order valence-electron chi connectivity index (χ3n) is 5.91. The number of nitro groups is 1. The molecule has 4 rings (SSSR count). The summed E-state index contributed by atoms with van der Waals surface area (Å²) in [5.74, 6) is -1.26. The number of para-hydroxylation sites is 2. The fourth-order valence-corrected chi connectivity index (χ4v) is 4.23. The van der Waals surface area contributed by atoms with Crippen molar-refractivity contribution in [2.75, 3.05) is 29.9 Å². The zero-order valence-electron chi connectivity index (χ0n) is 19.7. The highest BCUT2D eigenvalue weighted by Crippen LogP contribution is 2.32. The van der Waals surface area contributed by atoms with E-state index in [4.69, 9.17) is 4.74 Å².